The number of rotatable bonds is 3. The molecule has 8 nitrogen and oxygen atoms in total. The minimum absolute atomic E-state index is 0.401. The summed E-state index contributed by atoms with van der Waals surface area (Å²) >= 11 is 0. The van der Waals surface area contributed by atoms with Crippen LogP contribution in [-0.2, 0) is 4.74 Å². The van der Waals surface area contributed by atoms with Crippen LogP contribution in [0, 0.1) is 0 Å². The summed E-state index contributed by atoms with van der Waals surface area (Å²) in [5.41, 5.74) is -1.21. The topological polar surface area (TPSA) is 117 Å². The standard InChI is InChI=1S/C10H13N3O5/c1-11-7-8(16)5(4-14)18-9(7)13-3-2-6(15)12-10(13)17/h2-3,5,7-9,14,16H,1,4H2,(H,12,15,17)/t5-,7-,8-,9-/m1/s1. The van der Waals surface area contributed by atoms with E-state index in [1.807, 2.05) is 0 Å². The molecule has 0 unspecified atom stereocenters. The van der Waals surface area contributed by atoms with Gasteiger partial charge in [-0.3, -0.25) is 19.3 Å². The zero-order valence-corrected chi connectivity index (χ0v) is 9.39. The summed E-state index contributed by atoms with van der Waals surface area (Å²) in [6.07, 6.45) is -1.56. The van der Waals surface area contributed by atoms with Gasteiger partial charge in [0.15, 0.2) is 6.23 Å². The van der Waals surface area contributed by atoms with Crippen molar-refractivity contribution in [1.82, 2.24) is 9.55 Å². The Morgan fingerprint density at radius 2 is 2.28 bits per heavy atom. The lowest BCUT2D eigenvalue weighted by molar-refractivity contribution is -0.0464. The van der Waals surface area contributed by atoms with E-state index in [0.717, 1.165) is 10.6 Å². The summed E-state index contributed by atoms with van der Waals surface area (Å²) < 4.78 is 6.44. The maximum Gasteiger partial charge on any atom is 0.330 e. The van der Waals surface area contributed by atoms with Gasteiger partial charge in [0.05, 0.1) is 6.61 Å². The molecule has 0 aliphatic carbocycles. The third kappa shape index (κ3) is 2.01. The van der Waals surface area contributed by atoms with Crippen molar-refractivity contribution < 1.29 is 14.9 Å². The first-order chi connectivity index (χ1) is 8.58. The van der Waals surface area contributed by atoms with Crippen molar-refractivity contribution in [3.05, 3.63) is 33.1 Å². The average molecular weight is 255 g/mol. The van der Waals surface area contributed by atoms with E-state index < -0.39 is 42.3 Å². The first-order valence-electron chi connectivity index (χ1n) is 5.30. The molecule has 2 rings (SSSR count). The summed E-state index contributed by atoms with van der Waals surface area (Å²) in [7, 11) is 0. The quantitative estimate of drug-likeness (QED) is 0.533. The molecule has 0 amide bonds. The Morgan fingerprint density at radius 1 is 1.56 bits per heavy atom. The van der Waals surface area contributed by atoms with Crippen LogP contribution in [-0.4, -0.2) is 51.3 Å². The molecule has 2 heterocycles. The predicted molar refractivity (Wildman–Crippen MR) is 61.7 cm³/mol. The molecule has 1 aliphatic rings. The molecular formula is C10H13N3O5. The van der Waals surface area contributed by atoms with Gasteiger partial charge in [-0.25, -0.2) is 4.79 Å². The lowest BCUT2D eigenvalue weighted by Crippen LogP contribution is -2.36. The summed E-state index contributed by atoms with van der Waals surface area (Å²) in [5.74, 6) is 0. The van der Waals surface area contributed by atoms with Gasteiger partial charge in [0.25, 0.3) is 5.56 Å². The van der Waals surface area contributed by atoms with Gasteiger partial charge < -0.3 is 14.9 Å². The van der Waals surface area contributed by atoms with Crippen molar-refractivity contribution in [2.75, 3.05) is 6.61 Å². The maximum absolute atomic E-state index is 11.6. The Morgan fingerprint density at radius 3 is 2.83 bits per heavy atom. The molecule has 1 aromatic heterocycles. The highest BCUT2D eigenvalue weighted by Gasteiger charge is 2.44. The van der Waals surface area contributed by atoms with Crippen molar-refractivity contribution in [2.45, 2.75) is 24.5 Å². The normalized spacial score (nSPS) is 31.4. The lowest BCUT2D eigenvalue weighted by atomic mass is 10.1. The summed E-state index contributed by atoms with van der Waals surface area (Å²) in [4.78, 5) is 28.3. The molecule has 0 spiro atoms. The van der Waals surface area contributed by atoms with Crippen molar-refractivity contribution >= 4 is 6.72 Å². The minimum atomic E-state index is -1.06. The number of hydrogen-bond donors (Lipinski definition) is 3. The molecule has 0 radical (unpaired) electrons. The van der Waals surface area contributed by atoms with Crippen molar-refractivity contribution in [1.29, 1.82) is 0 Å². The summed E-state index contributed by atoms with van der Waals surface area (Å²) in [6, 6.07) is 0.370. The molecule has 98 valence electrons. The number of aliphatic hydroxyl groups is 2. The molecule has 1 saturated heterocycles. The average Bonchev–Trinajstić information content (AvgIpc) is 2.65. The van der Waals surface area contributed by atoms with E-state index in [1.54, 1.807) is 0 Å². The molecule has 1 aromatic rings. The predicted octanol–water partition coefficient (Wildman–Crippen LogP) is -2.14. The molecule has 18 heavy (non-hydrogen) atoms. The fourth-order valence-electron chi connectivity index (χ4n) is 1.94. The Labute approximate surface area is 101 Å². The summed E-state index contributed by atoms with van der Waals surface area (Å²) in [5, 5.41) is 18.9. The minimum Gasteiger partial charge on any atom is -0.394 e. The molecule has 4 atom stereocenters. The van der Waals surface area contributed by atoms with Gasteiger partial charge in [0, 0.05) is 12.3 Å². The van der Waals surface area contributed by atoms with Crippen LogP contribution >= 0.6 is 0 Å². The number of aromatic amines is 1. The summed E-state index contributed by atoms with van der Waals surface area (Å²) in [6.45, 7) is 2.92. The van der Waals surface area contributed by atoms with E-state index in [1.165, 1.54) is 6.20 Å². The van der Waals surface area contributed by atoms with Crippen LogP contribution in [0.2, 0.25) is 0 Å². The van der Waals surface area contributed by atoms with Crippen LogP contribution in [0.25, 0.3) is 0 Å². The van der Waals surface area contributed by atoms with E-state index in [9.17, 15) is 14.7 Å². The molecule has 3 N–H and O–H groups in total. The van der Waals surface area contributed by atoms with Crippen molar-refractivity contribution in [3.63, 3.8) is 0 Å². The zero-order valence-electron chi connectivity index (χ0n) is 9.39. The second-order valence-corrected chi connectivity index (χ2v) is 3.93. The number of hydrogen-bond acceptors (Lipinski definition) is 6. The monoisotopic (exact) mass is 255 g/mol. The lowest BCUT2D eigenvalue weighted by Gasteiger charge is -2.17. The van der Waals surface area contributed by atoms with Crippen LogP contribution in [0.4, 0.5) is 0 Å². The molecule has 8 heteroatoms. The van der Waals surface area contributed by atoms with Crippen LogP contribution in [0.5, 0.6) is 0 Å². The molecule has 1 aliphatic heterocycles. The Hall–Kier alpha value is -1.77. The smallest absolute Gasteiger partial charge is 0.330 e. The van der Waals surface area contributed by atoms with Gasteiger partial charge in [0.2, 0.25) is 0 Å². The van der Waals surface area contributed by atoms with Crippen LogP contribution in [0.3, 0.4) is 0 Å². The highest BCUT2D eigenvalue weighted by atomic mass is 16.5. The third-order valence-electron chi connectivity index (χ3n) is 2.85. The van der Waals surface area contributed by atoms with Gasteiger partial charge in [-0.1, -0.05) is 0 Å². The zero-order chi connectivity index (χ0) is 13.3. The van der Waals surface area contributed by atoms with E-state index in [4.69, 9.17) is 9.84 Å². The Balaban J connectivity index is 2.41. The molecule has 0 aromatic carbocycles. The van der Waals surface area contributed by atoms with E-state index in [-0.39, 0.29) is 0 Å². The van der Waals surface area contributed by atoms with Gasteiger partial charge in [-0.2, -0.15) is 0 Å². The molecular weight excluding hydrogens is 242 g/mol. The second kappa shape index (κ2) is 4.84. The highest BCUT2D eigenvalue weighted by Crippen LogP contribution is 2.30. The SMILES string of the molecule is C=N[C@@H]1[C@H](O)[C@@H](CO)O[C@H]1n1ccc(=O)[nH]c1=O. The number of aromatic nitrogens is 2. The molecule has 1 fully saturated rings. The number of aliphatic hydroxyl groups excluding tert-OH is 2. The highest BCUT2D eigenvalue weighted by molar-refractivity contribution is 5.25. The van der Waals surface area contributed by atoms with Gasteiger partial charge in [-0.05, 0) is 6.72 Å². The Kier molecular flexibility index (Phi) is 3.41. The van der Waals surface area contributed by atoms with Gasteiger partial charge in [-0.15, -0.1) is 0 Å². The van der Waals surface area contributed by atoms with E-state index in [0.29, 0.717) is 0 Å². The number of aliphatic imine (C=N–C) groups is 1. The second-order valence-electron chi connectivity index (χ2n) is 3.93. The van der Waals surface area contributed by atoms with E-state index in [2.05, 4.69) is 16.7 Å². The number of ether oxygens (including phenoxy) is 1. The fourth-order valence-corrected chi connectivity index (χ4v) is 1.94. The number of nitrogens with one attached hydrogen (secondary N) is 1. The van der Waals surface area contributed by atoms with Crippen molar-refractivity contribution in [3.8, 4) is 0 Å². The number of nitrogens with zero attached hydrogens (tertiary/aromatic N) is 2. The van der Waals surface area contributed by atoms with E-state index >= 15 is 0 Å². The van der Waals surface area contributed by atoms with Crippen molar-refractivity contribution in [2.24, 2.45) is 4.99 Å². The molecule has 0 saturated carbocycles. The third-order valence-corrected chi connectivity index (χ3v) is 2.85. The van der Waals surface area contributed by atoms with Crippen LogP contribution < -0.4 is 11.2 Å². The van der Waals surface area contributed by atoms with Crippen LogP contribution in [0.1, 0.15) is 6.23 Å². The fraction of sp³-hybridized carbons (Fsp3) is 0.500. The van der Waals surface area contributed by atoms with Gasteiger partial charge >= 0.3 is 5.69 Å². The first-order valence-corrected chi connectivity index (χ1v) is 5.30. The first kappa shape index (κ1) is 12.7. The molecule has 0 bridgehead atoms. The van der Waals surface area contributed by atoms with Gasteiger partial charge in [0.1, 0.15) is 18.2 Å². The Bertz CT molecular complexity index is 551. The number of H-pyrrole nitrogens is 1. The largest absolute Gasteiger partial charge is 0.394 e. The maximum atomic E-state index is 11.6. The van der Waals surface area contributed by atoms with Crippen LogP contribution in [0.15, 0.2) is 26.8 Å².